The standard InChI is InChI=1S/C8H11N/c1-3-9-6-4-8(2)5-7-9/h3-6H,1,7H2,2H3. The minimum Gasteiger partial charge on any atom is -0.351 e. The number of rotatable bonds is 1. The quantitative estimate of drug-likeness (QED) is 0.512. The van der Waals surface area contributed by atoms with Gasteiger partial charge in [0.05, 0.1) is 0 Å². The van der Waals surface area contributed by atoms with Crippen LogP contribution >= 0.6 is 0 Å². The SMILES string of the molecule is C=CN1C=CC(C)=CC1. The van der Waals surface area contributed by atoms with Crippen molar-refractivity contribution in [3.05, 3.63) is 36.7 Å². The maximum absolute atomic E-state index is 3.65. The Hall–Kier alpha value is -0.980. The molecule has 48 valence electrons. The van der Waals surface area contributed by atoms with Crippen molar-refractivity contribution >= 4 is 0 Å². The molecule has 1 heterocycles. The molecule has 1 aliphatic heterocycles. The van der Waals surface area contributed by atoms with Gasteiger partial charge in [0.2, 0.25) is 0 Å². The summed E-state index contributed by atoms with van der Waals surface area (Å²) in [6.45, 7) is 6.71. The van der Waals surface area contributed by atoms with Gasteiger partial charge in [0, 0.05) is 12.7 Å². The Morgan fingerprint density at radius 3 is 3.00 bits per heavy atom. The maximum Gasteiger partial charge on any atom is 0.0405 e. The van der Waals surface area contributed by atoms with E-state index in [1.807, 2.05) is 17.3 Å². The van der Waals surface area contributed by atoms with Crippen LogP contribution in [0.5, 0.6) is 0 Å². The predicted octanol–water partition coefficient (Wildman–Crippen LogP) is 1.91. The van der Waals surface area contributed by atoms with Crippen LogP contribution in [0.15, 0.2) is 36.7 Å². The highest BCUT2D eigenvalue weighted by Crippen LogP contribution is 2.04. The molecule has 1 nitrogen and oxygen atoms in total. The molecule has 0 saturated carbocycles. The number of hydrogen-bond donors (Lipinski definition) is 0. The summed E-state index contributed by atoms with van der Waals surface area (Å²) < 4.78 is 0. The first-order chi connectivity index (χ1) is 4.33. The zero-order valence-electron chi connectivity index (χ0n) is 5.67. The van der Waals surface area contributed by atoms with Crippen LogP contribution in [0, 0.1) is 0 Å². The van der Waals surface area contributed by atoms with Crippen LogP contribution in [-0.4, -0.2) is 11.4 Å². The Labute approximate surface area is 56.0 Å². The van der Waals surface area contributed by atoms with E-state index < -0.39 is 0 Å². The molecule has 0 spiro atoms. The zero-order valence-corrected chi connectivity index (χ0v) is 5.67. The van der Waals surface area contributed by atoms with Crippen molar-refractivity contribution < 1.29 is 0 Å². The highest BCUT2D eigenvalue weighted by atomic mass is 15.1. The fraction of sp³-hybridized carbons (Fsp3) is 0.250. The third kappa shape index (κ3) is 1.46. The minimum absolute atomic E-state index is 0.964. The van der Waals surface area contributed by atoms with E-state index >= 15 is 0 Å². The summed E-state index contributed by atoms with van der Waals surface area (Å²) in [5.74, 6) is 0. The summed E-state index contributed by atoms with van der Waals surface area (Å²) in [5.41, 5.74) is 1.33. The van der Waals surface area contributed by atoms with E-state index in [0.717, 1.165) is 6.54 Å². The van der Waals surface area contributed by atoms with Crippen molar-refractivity contribution in [1.29, 1.82) is 0 Å². The molecule has 1 heteroatoms. The van der Waals surface area contributed by atoms with Gasteiger partial charge in [-0.15, -0.1) is 0 Å². The summed E-state index contributed by atoms with van der Waals surface area (Å²) in [4.78, 5) is 2.03. The van der Waals surface area contributed by atoms with E-state index in [1.165, 1.54) is 5.57 Å². The Morgan fingerprint density at radius 2 is 2.56 bits per heavy atom. The van der Waals surface area contributed by atoms with Crippen LogP contribution in [0.4, 0.5) is 0 Å². The van der Waals surface area contributed by atoms with E-state index in [-0.39, 0.29) is 0 Å². The molecule has 0 unspecified atom stereocenters. The highest BCUT2D eigenvalue weighted by Gasteiger charge is 1.94. The van der Waals surface area contributed by atoms with Crippen molar-refractivity contribution in [1.82, 2.24) is 4.90 Å². The van der Waals surface area contributed by atoms with Crippen LogP contribution in [0.25, 0.3) is 0 Å². The van der Waals surface area contributed by atoms with E-state index in [0.29, 0.717) is 0 Å². The molecular formula is C8H11N. The summed E-state index contributed by atoms with van der Waals surface area (Å²) in [6, 6.07) is 0. The van der Waals surface area contributed by atoms with Gasteiger partial charge in [0.15, 0.2) is 0 Å². The van der Waals surface area contributed by atoms with Gasteiger partial charge >= 0.3 is 0 Å². The van der Waals surface area contributed by atoms with E-state index in [1.54, 1.807) is 0 Å². The predicted molar refractivity (Wildman–Crippen MR) is 39.8 cm³/mol. The molecule has 0 saturated heterocycles. The molecule has 0 bridgehead atoms. The lowest BCUT2D eigenvalue weighted by molar-refractivity contribution is 0.559. The number of nitrogens with zero attached hydrogens (tertiary/aromatic N) is 1. The lowest BCUT2D eigenvalue weighted by atomic mass is 10.2. The van der Waals surface area contributed by atoms with Gasteiger partial charge in [-0.05, 0) is 19.2 Å². The zero-order chi connectivity index (χ0) is 6.69. The molecule has 0 amide bonds. The molecule has 0 aromatic carbocycles. The molecule has 0 N–H and O–H groups in total. The summed E-state index contributed by atoms with van der Waals surface area (Å²) in [5, 5.41) is 0. The van der Waals surface area contributed by atoms with Crippen LogP contribution in [-0.2, 0) is 0 Å². The average molecular weight is 121 g/mol. The molecule has 9 heavy (non-hydrogen) atoms. The smallest absolute Gasteiger partial charge is 0.0405 e. The van der Waals surface area contributed by atoms with E-state index in [4.69, 9.17) is 0 Å². The maximum atomic E-state index is 3.65. The normalized spacial score (nSPS) is 17.4. The molecular weight excluding hydrogens is 110 g/mol. The first-order valence-corrected chi connectivity index (χ1v) is 3.06. The molecule has 0 aliphatic carbocycles. The topological polar surface area (TPSA) is 3.24 Å². The molecule has 1 aliphatic rings. The van der Waals surface area contributed by atoms with Crippen molar-refractivity contribution in [3.8, 4) is 0 Å². The summed E-state index contributed by atoms with van der Waals surface area (Å²) >= 11 is 0. The molecule has 0 radical (unpaired) electrons. The van der Waals surface area contributed by atoms with Gasteiger partial charge in [-0.1, -0.05) is 18.2 Å². The van der Waals surface area contributed by atoms with Crippen molar-refractivity contribution in [3.63, 3.8) is 0 Å². The lowest BCUT2D eigenvalue weighted by Gasteiger charge is -2.15. The van der Waals surface area contributed by atoms with E-state index in [9.17, 15) is 0 Å². The molecule has 0 atom stereocenters. The van der Waals surface area contributed by atoms with Gasteiger partial charge < -0.3 is 4.90 Å². The fourth-order valence-electron chi connectivity index (χ4n) is 0.727. The molecule has 0 aromatic rings. The van der Waals surface area contributed by atoms with Gasteiger partial charge in [0.1, 0.15) is 0 Å². The number of hydrogen-bond acceptors (Lipinski definition) is 1. The average Bonchev–Trinajstić information content (AvgIpc) is 1.90. The first kappa shape index (κ1) is 6.14. The summed E-state index contributed by atoms with van der Waals surface area (Å²) in [6.07, 6.45) is 8.09. The van der Waals surface area contributed by atoms with Gasteiger partial charge in [-0.25, -0.2) is 0 Å². The Balaban J connectivity index is 2.58. The second-order valence-corrected chi connectivity index (χ2v) is 2.14. The van der Waals surface area contributed by atoms with Gasteiger partial charge in [-0.3, -0.25) is 0 Å². The Bertz CT molecular complexity index is 165. The van der Waals surface area contributed by atoms with Crippen LogP contribution in [0.3, 0.4) is 0 Å². The van der Waals surface area contributed by atoms with Gasteiger partial charge in [0.25, 0.3) is 0 Å². The van der Waals surface area contributed by atoms with Crippen LogP contribution < -0.4 is 0 Å². The van der Waals surface area contributed by atoms with E-state index in [2.05, 4.69) is 25.7 Å². The largest absolute Gasteiger partial charge is 0.351 e. The van der Waals surface area contributed by atoms with Crippen molar-refractivity contribution in [2.24, 2.45) is 0 Å². The van der Waals surface area contributed by atoms with Crippen LogP contribution in [0.2, 0.25) is 0 Å². The second kappa shape index (κ2) is 2.53. The third-order valence-corrected chi connectivity index (χ3v) is 1.39. The third-order valence-electron chi connectivity index (χ3n) is 1.39. The van der Waals surface area contributed by atoms with Crippen molar-refractivity contribution in [2.45, 2.75) is 6.92 Å². The minimum atomic E-state index is 0.964. The summed E-state index contributed by atoms with van der Waals surface area (Å²) in [7, 11) is 0. The lowest BCUT2D eigenvalue weighted by Crippen LogP contribution is -2.11. The monoisotopic (exact) mass is 121 g/mol. The Morgan fingerprint density at radius 1 is 1.78 bits per heavy atom. The second-order valence-electron chi connectivity index (χ2n) is 2.14. The first-order valence-electron chi connectivity index (χ1n) is 3.06. The van der Waals surface area contributed by atoms with Gasteiger partial charge in [-0.2, -0.15) is 0 Å². The van der Waals surface area contributed by atoms with Crippen LogP contribution in [0.1, 0.15) is 6.92 Å². The highest BCUT2D eigenvalue weighted by molar-refractivity contribution is 5.20. The molecule has 1 rings (SSSR count). The molecule has 0 aromatic heterocycles. The van der Waals surface area contributed by atoms with Crippen molar-refractivity contribution in [2.75, 3.05) is 6.54 Å². The molecule has 0 fully saturated rings. The number of allylic oxidation sites excluding steroid dienone is 2. The Kier molecular flexibility index (Phi) is 1.73. The fourth-order valence-corrected chi connectivity index (χ4v) is 0.727.